The first-order chi connectivity index (χ1) is 5.52. The van der Waals surface area contributed by atoms with Crippen LogP contribution in [0, 0.1) is 10.1 Å². The van der Waals surface area contributed by atoms with Gasteiger partial charge in [-0.05, 0) is 11.3 Å². The minimum atomic E-state index is -0.653. The van der Waals surface area contributed by atoms with Crippen molar-refractivity contribution >= 4 is 27.9 Å². The molecule has 0 unspecified atom stereocenters. The van der Waals surface area contributed by atoms with Gasteiger partial charge in [0.25, 0.3) is 0 Å². The van der Waals surface area contributed by atoms with Gasteiger partial charge in [0, 0.05) is 6.92 Å². The van der Waals surface area contributed by atoms with Crippen molar-refractivity contribution in [1.82, 2.24) is 4.98 Å². The Bertz CT molecular complexity index is 346. The van der Waals surface area contributed by atoms with Gasteiger partial charge in [-0.25, -0.2) is 4.98 Å². The molecule has 0 aliphatic carbocycles. The third kappa shape index (κ3) is 1.40. The number of hydrogen-bond acceptors (Lipinski definition) is 6. The molecule has 1 heterocycles. The highest BCUT2D eigenvalue weighted by molar-refractivity contribution is 7.17. The van der Waals surface area contributed by atoms with Crippen molar-refractivity contribution in [2.45, 2.75) is 6.92 Å². The van der Waals surface area contributed by atoms with E-state index >= 15 is 0 Å². The standard InChI is InChI=1S/C5H5N3O3S/c1-2(9)4-7-3(6)5(12-4)8(10)11/h6H2,1H3. The number of ketones is 1. The van der Waals surface area contributed by atoms with Crippen LogP contribution in [0.3, 0.4) is 0 Å². The Balaban J connectivity index is 3.17. The zero-order chi connectivity index (χ0) is 9.30. The lowest BCUT2D eigenvalue weighted by atomic mass is 10.5. The Morgan fingerprint density at radius 3 is 2.58 bits per heavy atom. The summed E-state index contributed by atoms with van der Waals surface area (Å²) in [6, 6.07) is 0. The summed E-state index contributed by atoms with van der Waals surface area (Å²) < 4.78 is 0. The molecule has 0 radical (unpaired) electrons. The number of aromatic nitrogens is 1. The molecule has 0 spiro atoms. The summed E-state index contributed by atoms with van der Waals surface area (Å²) in [6.07, 6.45) is 0. The van der Waals surface area contributed by atoms with Gasteiger partial charge in [0.05, 0.1) is 4.92 Å². The molecule has 0 fully saturated rings. The Hall–Kier alpha value is -1.50. The number of rotatable bonds is 2. The van der Waals surface area contributed by atoms with E-state index in [9.17, 15) is 14.9 Å². The predicted molar refractivity (Wildman–Crippen MR) is 43.2 cm³/mol. The first-order valence-electron chi connectivity index (χ1n) is 2.94. The number of nitrogens with zero attached hydrogens (tertiary/aromatic N) is 2. The molecule has 0 aromatic carbocycles. The molecule has 7 heteroatoms. The van der Waals surface area contributed by atoms with Crippen LogP contribution in [-0.2, 0) is 0 Å². The maximum Gasteiger partial charge on any atom is 0.368 e. The van der Waals surface area contributed by atoms with Crippen LogP contribution in [0.1, 0.15) is 16.7 Å². The maximum atomic E-state index is 10.7. The minimum absolute atomic E-state index is 0.0687. The first-order valence-corrected chi connectivity index (χ1v) is 3.75. The molecule has 1 rings (SSSR count). The van der Waals surface area contributed by atoms with E-state index in [0.717, 1.165) is 0 Å². The molecular weight excluding hydrogens is 182 g/mol. The number of carbonyl (C=O) groups excluding carboxylic acids is 1. The Kier molecular flexibility index (Phi) is 2.05. The zero-order valence-corrected chi connectivity index (χ0v) is 6.92. The zero-order valence-electron chi connectivity index (χ0n) is 6.10. The fourth-order valence-electron chi connectivity index (χ4n) is 0.605. The maximum absolute atomic E-state index is 10.7. The van der Waals surface area contributed by atoms with Crippen molar-refractivity contribution in [3.05, 3.63) is 15.1 Å². The smallest absolute Gasteiger partial charge is 0.368 e. The normalized spacial score (nSPS) is 9.75. The Labute approximate surface area is 71.2 Å². The number of nitrogens with two attached hydrogens (primary N) is 1. The summed E-state index contributed by atoms with van der Waals surface area (Å²) in [6.45, 7) is 1.28. The van der Waals surface area contributed by atoms with Crippen molar-refractivity contribution in [3.8, 4) is 0 Å². The summed E-state index contributed by atoms with van der Waals surface area (Å²) in [5.41, 5.74) is 5.19. The second-order valence-electron chi connectivity index (χ2n) is 2.02. The molecule has 0 saturated heterocycles. The van der Waals surface area contributed by atoms with Crippen LogP contribution in [0.15, 0.2) is 0 Å². The van der Waals surface area contributed by atoms with E-state index in [1.54, 1.807) is 0 Å². The highest BCUT2D eigenvalue weighted by Crippen LogP contribution is 2.28. The molecule has 6 nitrogen and oxygen atoms in total. The van der Waals surface area contributed by atoms with Crippen molar-refractivity contribution in [2.24, 2.45) is 0 Å². The fourth-order valence-corrected chi connectivity index (χ4v) is 1.30. The van der Waals surface area contributed by atoms with Gasteiger partial charge in [-0.1, -0.05) is 0 Å². The number of nitro groups is 1. The largest absolute Gasteiger partial charge is 0.377 e. The quantitative estimate of drug-likeness (QED) is 0.420. The van der Waals surface area contributed by atoms with E-state index in [1.807, 2.05) is 0 Å². The number of thiazole rings is 1. The van der Waals surface area contributed by atoms with Crippen molar-refractivity contribution in [2.75, 3.05) is 5.73 Å². The lowest BCUT2D eigenvalue weighted by molar-refractivity contribution is -0.379. The van der Waals surface area contributed by atoms with Gasteiger partial charge < -0.3 is 5.73 Å². The lowest BCUT2D eigenvalue weighted by Crippen LogP contribution is -1.93. The van der Waals surface area contributed by atoms with Crippen molar-refractivity contribution in [3.63, 3.8) is 0 Å². The van der Waals surface area contributed by atoms with Gasteiger partial charge in [-0.2, -0.15) is 0 Å². The summed E-state index contributed by atoms with van der Waals surface area (Å²) in [5.74, 6) is -0.519. The van der Waals surface area contributed by atoms with Gasteiger partial charge in [0.2, 0.25) is 5.82 Å². The summed E-state index contributed by atoms with van der Waals surface area (Å²) in [7, 11) is 0. The summed E-state index contributed by atoms with van der Waals surface area (Å²) in [5, 5.41) is 10.0. The Morgan fingerprint density at radius 1 is 1.75 bits per heavy atom. The van der Waals surface area contributed by atoms with Crippen LogP contribution < -0.4 is 5.73 Å². The van der Waals surface area contributed by atoms with E-state index in [0.29, 0.717) is 11.3 Å². The molecule has 12 heavy (non-hydrogen) atoms. The molecule has 1 aromatic heterocycles. The van der Waals surface area contributed by atoms with Crippen molar-refractivity contribution < 1.29 is 9.72 Å². The summed E-state index contributed by atoms with van der Waals surface area (Å²) >= 11 is 0.691. The Morgan fingerprint density at radius 2 is 2.33 bits per heavy atom. The van der Waals surface area contributed by atoms with E-state index in [2.05, 4.69) is 4.98 Å². The van der Waals surface area contributed by atoms with Gasteiger partial charge in [-0.15, -0.1) is 0 Å². The van der Waals surface area contributed by atoms with Crippen LogP contribution in [0.5, 0.6) is 0 Å². The molecule has 0 bridgehead atoms. The third-order valence-corrected chi connectivity index (χ3v) is 2.23. The molecule has 0 atom stereocenters. The lowest BCUT2D eigenvalue weighted by Gasteiger charge is -1.81. The second-order valence-corrected chi connectivity index (χ2v) is 3.00. The molecule has 2 N–H and O–H groups in total. The second kappa shape index (κ2) is 2.86. The number of carbonyl (C=O) groups is 1. The fraction of sp³-hybridized carbons (Fsp3) is 0.200. The molecule has 0 aliphatic rings. The van der Waals surface area contributed by atoms with Gasteiger partial charge in [0.15, 0.2) is 10.8 Å². The van der Waals surface area contributed by atoms with E-state index in [-0.39, 0.29) is 21.6 Å². The summed E-state index contributed by atoms with van der Waals surface area (Å²) in [4.78, 5) is 23.8. The SMILES string of the molecule is CC(=O)c1nc(N)c([N+](=O)[O-])s1. The third-order valence-electron chi connectivity index (χ3n) is 1.10. The number of Topliss-reactive ketones (excluding diaryl/α,β-unsaturated/α-hetero) is 1. The van der Waals surface area contributed by atoms with E-state index < -0.39 is 4.92 Å². The molecule has 0 amide bonds. The number of anilines is 1. The van der Waals surface area contributed by atoms with Crippen LogP contribution >= 0.6 is 11.3 Å². The molecule has 0 aliphatic heterocycles. The van der Waals surface area contributed by atoms with Gasteiger partial charge >= 0.3 is 5.00 Å². The van der Waals surface area contributed by atoms with Crippen LogP contribution in [0.4, 0.5) is 10.8 Å². The molecule has 64 valence electrons. The minimum Gasteiger partial charge on any atom is -0.377 e. The monoisotopic (exact) mass is 187 g/mol. The molecule has 0 saturated carbocycles. The average molecular weight is 187 g/mol. The predicted octanol–water partition coefficient (Wildman–Crippen LogP) is 0.836. The van der Waals surface area contributed by atoms with Crippen LogP contribution in [0.2, 0.25) is 0 Å². The average Bonchev–Trinajstić information content (AvgIpc) is 2.30. The number of nitrogen functional groups attached to an aromatic ring is 1. The van der Waals surface area contributed by atoms with Crippen molar-refractivity contribution in [1.29, 1.82) is 0 Å². The highest BCUT2D eigenvalue weighted by Gasteiger charge is 2.20. The van der Waals surface area contributed by atoms with Gasteiger partial charge in [-0.3, -0.25) is 14.9 Å². The molecular formula is C5H5N3O3S. The number of hydrogen-bond donors (Lipinski definition) is 1. The topological polar surface area (TPSA) is 99.1 Å². The van der Waals surface area contributed by atoms with E-state index in [1.165, 1.54) is 6.92 Å². The van der Waals surface area contributed by atoms with E-state index in [4.69, 9.17) is 5.73 Å². The van der Waals surface area contributed by atoms with Crippen LogP contribution in [0.25, 0.3) is 0 Å². The van der Waals surface area contributed by atoms with Crippen LogP contribution in [-0.4, -0.2) is 15.7 Å². The van der Waals surface area contributed by atoms with Gasteiger partial charge in [0.1, 0.15) is 0 Å². The highest BCUT2D eigenvalue weighted by atomic mass is 32.1. The first kappa shape index (κ1) is 8.60. The molecule has 1 aromatic rings.